The minimum absolute atomic E-state index is 0.219. The van der Waals surface area contributed by atoms with Crippen LogP contribution in [-0.4, -0.2) is 31.3 Å². The number of nitrogens with zero attached hydrogens (tertiary/aromatic N) is 1. The van der Waals surface area contributed by atoms with Crippen LogP contribution >= 0.6 is 0 Å². The second-order valence-electron chi connectivity index (χ2n) is 4.00. The highest BCUT2D eigenvalue weighted by atomic mass is 16.5. The Balaban J connectivity index is 2.34. The van der Waals surface area contributed by atoms with Gasteiger partial charge in [0, 0.05) is 18.8 Å². The molecule has 0 radical (unpaired) electrons. The molecule has 1 heterocycles. The molecule has 0 saturated carbocycles. The summed E-state index contributed by atoms with van der Waals surface area (Å²) in [6.45, 7) is 0. The molecule has 0 amide bonds. The van der Waals surface area contributed by atoms with Crippen molar-refractivity contribution in [1.29, 1.82) is 0 Å². The summed E-state index contributed by atoms with van der Waals surface area (Å²) in [5, 5.41) is 9.45. The van der Waals surface area contributed by atoms with Crippen molar-refractivity contribution in [3.8, 4) is 5.75 Å². The molecule has 1 aromatic carbocycles. The van der Waals surface area contributed by atoms with E-state index >= 15 is 0 Å². The molecular formula is C12H15NO3. The molecule has 1 unspecified atom stereocenters. The first-order valence-corrected chi connectivity index (χ1v) is 5.26. The van der Waals surface area contributed by atoms with E-state index in [9.17, 15) is 9.90 Å². The molecule has 0 spiro atoms. The fraction of sp³-hybridized carbons (Fsp3) is 0.417. The average Bonchev–Trinajstić information content (AvgIpc) is 2.29. The van der Waals surface area contributed by atoms with Gasteiger partial charge in [-0.05, 0) is 24.5 Å². The number of benzene rings is 1. The topological polar surface area (TPSA) is 49.8 Å². The van der Waals surface area contributed by atoms with Gasteiger partial charge in [-0.25, -0.2) is 4.79 Å². The zero-order valence-corrected chi connectivity index (χ0v) is 9.43. The molecule has 86 valence electrons. The number of phenolic OH excluding ortho intramolecular Hbond substituents is 1. The fourth-order valence-corrected chi connectivity index (χ4v) is 2.16. The van der Waals surface area contributed by atoms with Crippen LogP contribution in [0.3, 0.4) is 0 Å². The van der Waals surface area contributed by atoms with E-state index in [1.54, 1.807) is 12.1 Å². The number of aromatic hydroxyl groups is 1. The van der Waals surface area contributed by atoms with Gasteiger partial charge in [-0.15, -0.1) is 0 Å². The number of ether oxygens (including phenoxy) is 1. The van der Waals surface area contributed by atoms with Crippen LogP contribution in [0.1, 0.15) is 12.0 Å². The third-order valence-electron chi connectivity index (χ3n) is 3.08. The quantitative estimate of drug-likeness (QED) is 0.726. The van der Waals surface area contributed by atoms with Gasteiger partial charge < -0.3 is 14.7 Å². The largest absolute Gasteiger partial charge is 0.508 e. The van der Waals surface area contributed by atoms with Crippen molar-refractivity contribution in [2.45, 2.75) is 18.9 Å². The maximum atomic E-state index is 11.5. The normalized spacial score (nSPS) is 19.1. The molecule has 0 saturated heterocycles. The molecule has 0 fully saturated rings. The second-order valence-corrected chi connectivity index (χ2v) is 4.00. The summed E-state index contributed by atoms with van der Waals surface area (Å²) in [4.78, 5) is 13.4. The molecule has 0 aliphatic carbocycles. The summed E-state index contributed by atoms with van der Waals surface area (Å²) in [7, 11) is 3.24. The lowest BCUT2D eigenvalue weighted by Crippen LogP contribution is -2.42. The van der Waals surface area contributed by atoms with Gasteiger partial charge in [0.25, 0.3) is 0 Å². The standard InChI is InChI=1S/C12H15NO3/c1-13-10(12(15)16-2)6-4-8-3-5-9(14)7-11(8)13/h3,5,7,10,14H,4,6H2,1-2H3. The van der Waals surface area contributed by atoms with Gasteiger partial charge in [0.15, 0.2) is 0 Å². The van der Waals surface area contributed by atoms with Crippen LogP contribution in [0.15, 0.2) is 18.2 Å². The zero-order chi connectivity index (χ0) is 11.7. The van der Waals surface area contributed by atoms with E-state index < -0.39 is 0 Å². The number of anilines is 1. The number of likely N-dealkylation sites (N-methyl/N-ethyl adjacent to an activating group) is 1. The summed E-state index contributed by atoms with van der Waals surface area (Å²) >= 11 is 0. The predicted octanol–water partition coefficient (Wildman–Crippen LogP) is 1.32. The van der Waals surface area contributed by atoms with E-state index in [0.717, 1.165) is 24.1 Å². The van der Waals surface area contributed by atoms with Gasteiger partial charge in [0.1, 0.15) is 11.8 Å². The van der Waals surface area contributed by atoms with Gasteiger partial charge in [-0.2, -0.15) is 0 Å². The number of esters is 1. The van der Waals surface area contributed by atoms with E-state index in [4.69, 9.17) is 4.74 Å². The van der Waals surface area contributed by atoms with Crippen LogP contribution in [0.25, 0.3) is 0 Å². The molecule has 0 aromatic heterocycles. The Morgan fingerprint density at radius 1 is 1.56 bits per heavy atom. The molecule has 1 aromatic rings. The van der Waals surface area contributed by atoms with E-state index in [1.165, 1.54) is 7.11 Å². The van der Waals surface area contributed by atoms with E-state index in [-0.39, 0.29) is 17.8 Å². The number of phenols is 1. The summed E-state index contributed by atoms with van der Waals surface area (Å²) < 4.78 is 4.76. The molecule has 2 rings (SSSR count). The SMILES string of the molecule is COC(=O)C1CCc2ccc(O)cc2N1C. The van der Waals surface area contributed by atoms with Crippen molar-refractivity contribution >= 4 is 11.7 Å². The number of rotatable bonds is 1. The van der Waals surface area contributed by atoms with Gasteiger partial charge in [0.05, 0.1) is 7.11 Å². The molecule has 4 heteroatoms. The predicted molar refractivity (Wildman–Crippen MR) is 60.6 cm³/mol. The summed E-state index contributed by atoms with van der Waals surface area (Å²) in [5.74, 6) is -0.00684. The van der Waals surface area contributed by atoms with Crippen molar-refractivity contribution in [3.05, 3.63) is 23.8 Å². The highest BCUT2D eigenvalue weighted by molar-refractivity contribution is 5.81. The minimum Gasteiger partial charge on any atom is -0.508 e. The van der Waals surface area contributed by atoms with Gasteiger partial charge in [0.2, 0.25) is 0 Å². The van der Waals surface area contributed by atoms with E-state index in [2.05, 4.69) is 0 Å². The third-order valence-corrected chi connectivity index (χ3v) is 3.08. The van der Waals surface area contributed by atoms with Crippen molar-refractivity contribution in [2.24, 2.45) is 0 Å². The van der Waals surface area contributed by atoms with E-state index in [0.29, 0.717) is 0 Å². The molecule has 1 N–H and O–H groups in total. The Labute approximate surface area is 94.4 Å². The van der Waals surface area contributed by atoms with Crippen molar-refractivity contribution in [1.82, 2.24) is 0 Å². The van der Waals surface area contributed by atoms with Crippen LogP contribution in [0, 0.1) is 0 Å². The molecular weight excluding hydrogens is 206 g/mol. The lowest BCUT2D eigenvalue weighted by molar-refractivity contribution is -0.142. The van der Waals surface area contributed by atoms with Gasteiger partial charge in [-0.1, -0.05) is 6.07 Å². The highest BCUT2D eigenvalue weighted by Gasteiger charge is 2.29. The molecule has 1 aliphatic heterocycles. The Hall–Kier alpha value is -1.71. The summed E-state index contributed by atoms with van der Waals surface area (Å²) in [6.07, 6.45) is 1.58. The Kier molecular flexibility index (Phi) is 2.73. The van der Waals surface area contributed by atoms with E-state index in [1.807, 2.05) is 18.0 Å². The lowest BCUT2D eigenvalue weighted by atomic mass is 9.96. The van der Waals surface area contributed by atoms with Gasteiger partial charge in [-0.3, -0.25) is 0 Å². The minimum atomic E-state index is -0.251. The van der Waals surface area contributed by atoms with Crippen LogP contribution in [0.5, 0.6) is 5.75 Å². The van der Waals surface area contributed by atoms with Crippen molar-refractivity contribution in [3.63, 3.8) is 0 Å². The number of carbonyl (C=O) groups excluding carboxylic acids is 1. The lowest BCUT2D eigenvalue weighted by Gasteiger charge is -2.34. The third kappa shape index (κ3) is 1.71. The highest BCUT2D eigenvalue weighted by Crippen LogP contribution is 2.32. The smallest absolute Gasteiger partial charge is 0.328 e. The average molecular weight is 221 g/mol. The number of aryl methyl sites for hydroxylation is 1. The van der Waals surface area contributed by atoms with Crippen molar-refractivity contribution < 1.29 is 14.6 Å². The maximum absolute atomic E-state index is 11.5. The number of hydrogen-bond acceptors (Lipinski definition) is 4. The second kappa shape index (κ2) is 4.04. The Bertz CT molecular complexity index is 417. The first-order chi connectivity index (χ1) is 7.63. The molecule has 1 aliphatic rings. The van der Waals surface area contributed by atoms with Gasteiger partial charge >= 0.3 is 5.97 Å². The summed E-state index contributed by atoms with van der Waals surface area (Å²) in [5.41, 5.74) is 2.06. The zero-order valence-electron chi connectivity index (χ0n) is 9.43. The Morgan fingerprint density at radius 2 is 2.31 bits per heavy atom. The maximum Gasteiger partial charge on any atom is 0.328 e. The number of methoxy groups -OCH3 is 1. The number of carbonyl (C=O) groups is 1. The van der Waals surface area contributed by atoms with Crippen LogP contribution in [-0.2, 0) is 16.0 Å². The van der Waals surface area contributed by atoms with Crippen molar-refractivity contribution in [2.75, 3.05) is 19.1 Å². The Morgan fingerprint density at radius 3 is 3.00 bits per heavy atom. The molecule has 16 heavy (non-hydrogen) atoms. The first-order valence-electron chi connectivity index (χ1n) is 5.26. The fourth-order valence-electron chi connectivity index (χ4n) is 2.16. The van der Waals surface area contributed by atoms with Crippen LogP contribution < -0.4 is 4.90 Å². The number of hydrogen-bond donors (Lipinski definition) is 1. The monoisotopic (exact) mass is 221 g/mol. The summed E-state index contributed by atoms with van der Waals surface area (Å²) in [6, 6.07) is 5.00. The number of fused-ring (bicyclic) bond motifs is 1. The molecule has 1 atom stereocenters. The molecule has 4 nitrogen and oxygen atoms in total. The van der Waals surface area contributed by atoms with Crippen LogP contribution in [0.4, 0.5) is 5.69 Å². The first kappa shape index (κ1) is 10.8. The van der Waals surface area contributed by atoms with Crippen LogP contribution in [0.2, 0.25) is 0 Å². The molecule has 0 bridgehead atoms.